The summed E-state index contributed by atoms with van der Waals surface area (Å²) in [4.78, 5) is 39.7. The van der Waals surface area contributed by atoms with Crippen molar-refractivity contribution in [1.29, 1.82) is 0 Å². The van der Waals surface area contributed by atoms with Gasteiger partial charge in [0.25, 0.3) is 0 Å². The van der Waals surface area contributed by atoms with Gasteiger partial charge < -0.3 is 70.2 Å². The van der Waals surface area contributed by atoms with Crippen molar-refractivity contribution in [3.05, 3.63) is 0 Å². The second-order valence-corrected chi connectivity index (χ2v) is 4.74. The third-order valence-electron chi connectivity index (χ3n) is 2.81. The smallest absolute Gasteiger partial charge is 0.547 e. The fraction of sp³-hybridized carbons (Fsp3) is 0.667. The molecule has 8 atom stereocenters. The summed E-state index contributed by atoms with van der Waals surface area (Å²) in [5.74, 6) is -4.02. The van der Waals surface area contributed by atoms with Crippen LogP contribution in [0.2, 0.25) is 0 Å². The molecule has 0 spiro atoms. The van der Waals surface area contributed by atoms with Crippen molar-refractivity contribution in [2.45, 2.75) is 48.8 Å². The first kappa shape index (κ1) is 31.2. The van der Waals surface area contributed by atoms with Crippen LogP contribution in [-0.2, 0) is 19.2 Å². The van der Waals surface area contributed by atoms with E-state index in [0.29, 0.717) is 0 Å². The van der Waals surface area contributed by atoms with Gasteiger partial charge in [-0.25, -0.2) is 0 Å². The molecule has 15 heteroatoms. The monoisotopic (exact) mass is 524 g/mol. The van der Waals surface area contributed by atoms with Crippen LogP contribution < -0.4 is 10.2 Å². The number of aliphatic hydroxyl groups excluding tert-OH is 8. The standard InChI is InChI=1S/2C6H10O7.Ba/c2*7-1-2(8)3(9)4(10)5(11)6(12)13;/h2*1-5,8-11H,(H,12,13);/q;;+2/p-2/t2*2-,3-,4+,5+;/m11./s1. The number of aliphatic carboxylic acids is 2. The van der Waals surface area contributed by atoms with E-state index < -0.39 is 60.8 Å². The number of aliphatic hydroxyl groups is 8. The van der Waals surface area contributed by atoms with E-state index in [9.17, 15) is 29.4 Å². The molecule has 0 aliphatic rings. The van der Waals surface area contributed by atoms with E-state index in [1.165, 1.54) is 0 Å². The summed E-state index contributed by atoms with van der Waals surface area (Å²) < 4.78 is 0. The molecule has 0 aromatic carbocycles. The maximum Gasteiger partial charge on any atom is 2.00 e. The van der Waals surface area contributed by atoms with Gasteiger partial charge in [0.05, 0.1) is 11.9 Å². The van der Waals surface area contributed by atoms with Crippen LogP contribution in [0.1, 0.15) is 0 Å². The molecule has 0 heterocycles. The molecule has 0 aromatic heterocycles. The van der Waals surface area contributed by atoms with Gasteiger partial charge in [-0.3, -0.25) is 0 Å². The zero-order valence-corrected chi connectivity index (χ0v) is 17.9. The molecule has 0 bridgehead atoms. The largest absolute Gasteiger partial charge is 2.00 e. The van der Waals surface area contributed by atoms with E-state index in [1.807, 2.05) is 0 Å². The normalized spacial score (nSPS) is 19.3. The third-order valence-corrected chi connectivity index (χ3v) is 2.81. The van der Waals surface area contributed by atoms with Gasteiger partial charge in [-0.05, 0) is 0 Å². The number of carboxylic acid groups (broad SMARTS) is 2. The molecule has 0 aliphatic heterocycles. The molecule has 0 saturated carbocycles. The first-order chi connectivity index (χ1) is 11.8. The molecule has 0 rings (SSSR count). The number of aldehydes is 2. The predicted octanol–water partition coefficient (Wildman–Crippen LogP) is -9.62. The van der Waals surface area contributed by atoms with Crippen LogP contribution in [0.5, 0.6) is 0 Å². The van der Waals surface area contributed by atoms with E-state index in [0.717, 1.165) is 0 Å². The van der Waals surface area contributed by atoms with Gasteiger partial charge in [0, 0.05) is 0 Å². The second-order valence-electron chi connectivity index (χ2n) is 4.74. The number of carbonyl (C=O) groups excluding carboxylic acids is 4. The van der Waals surface area contributed by atoms with E-state index in [-0.39, 0.29) is 61.5 Å². The Hall–Kier alpha value is -0.469. The Morgan fingerprint density at radius 3 is 0.963 bits per heavy atom. The summed E-state index contributed by atoms with van der Waals surface area (Å²) in [5.41, 5.74) is 0. The van der Waals surface area contributed by atoms with Crippen LogP contribution in [-0.4, -0.2) is 163 Å². The third kappa shape index (κ3) is 11.2. The molecule has 152 valence electrons. The second kappa shape index (κ2) is 15.5. The zero-order chi connectivity index (χ0) is 21.2. The fourth-order valence-electron chi connectivity index (χ4n) is 1.22. The molecule has 14 nitrogen and oxygen atoms in total. The minimum absolute atomic E-state index is 0. The van der Waals surface area contributed by atoms with E-state index >= 15 is 0 Å². The van der Waals surface area contributed by atoms with Crippen molar-refractivity contribution in [2.24, 2.45) is 0 Å². The zero-order valence-electron chi connectivity index (χ0n) is 13.5. The molecular formula is C12H18BaO14. The number of hydrogen-bond donors (Lipinski definition) is 8. The van der Waals surface area contributed by atoms with Crippen molar-refractivity contribution in [3.8, 4) is 0 Å². The van der Waals surface area contributed by atoms with Gasteiger partial charge in [0.15, 0.2) is 12.6 Å². The van der Waals surface area contributed by atoms with E-state index in [4.69, 9.17) is 40.9 Å². The van der Waals surface area contributed by atoms with Gasteiger partial charge in [0.1, 0.15) is 48.8 Å². The van der Waals surface area contributed by atoms with Gasteiger partial charge in [-0.15, -0.1) is 0 Å². The summed E-state index contributed by atoms with van der Waals surface area (Å²) in [6.07, 6.45) is -17.3. The molecule has 27 heavy (non-hydrogen) atoms. The minimum Gasteiger partial charge on any atom is -0.547 e. The van der Waals surface area contributed by atoms with Gasteiger partial charge >= 0.3 is 48.9 Å². The molecule has 0 radical (unpaired) electrons. The van der Waals surface area contributed by atoms with Crippen molar-refractivity contribution in [1.82, 2.24) is 0 Å². The Morgan fingerprint density at radius 1 is 0.593 bits per heavy atom. The average molecular weight is 524 g/mol. The number of carboxylic acids is 2. The van der Waals surface area contributed by atoms with Crippen molar-refractivity contribution < 1.29 is 70.2 Å². The molecule has 0 aliphatic carbocycles. The Bertz CT molecular complexity index is 431. The Labute approximate surface area is 191 Å². The Balaban J connectivity index is -0.000000411. The number of rotatable bonds is 10. The Kier molecular flexibility index (Phi) is 17.9. The summed E-state index contributed by atoms with van der Waals surface area (Å²) in [6, 6.07) is 0. The summed E-state index contributed by atoms with van der Waals surface area (Å²) in [6.45, 7) is 0. The average Bonchev–Trinajstić information content (AvgIpc) is 2.62. The van der Waals surface area contributed by atoms with Crippen LogP contribution >= 0.6 is 0 Å². The van der Waals surface area contributed by atoms with Gasteiger partial charge in [-0.2, -0.15) is 0 Å². The van der Waals surface area contributed by atoms with E-state index in [2.05, 4.69) is 0 Å². The molecule has 0 unspecified atom stereocenters. The van der Waals surface area contributed by atoms with Crippen molar-refractivity contribution in [3.63, 3.8) is 0 Å². The summed E-state index contributed by atoms with van der Waals surface area (Å²) in [7, 11) is 0. The topological polar surface area (TPSA) is 276 Å². The maximum atomic E-state index is 9.95. The molecule has 0 saturated heterocycles. The predicted molar refractivity (Wildman–Crippen MR) is 76.0 cm³/mol. The minimum atomic E-state index is -2.36. The van der Waals surface area contributed by atoms with E-state index in [1.54, 1.807) is 0 Å². The quantitative estimate of drug-likeness (QED) is 0.0975. The van der Waals surface area contributed by atoms with Crippen molar-refractivity contribution >= 4 is 73.4 Å². The molecule has 0 aromatic rings. The summed E-state index contributed by atoms with van der Waals surface area (Å²) in [5, 5.41) is 89.7. The first-order valence-corrected chi connectivity index (χ1v) is 6.60. The summed E-state index contributed by atoms with van der Waals surface area (Å²) >= 11 is 0. The van der Waals surface area contributed by atoms with Crippen LogP contribution in [0.3, 0.4) is 0 Å². The molecule has 8 N–H and O–H groups in total. The van der Waals surface area contributed by atoms with Gasteiger partial charge in [-0.1, -0.05) is 0 Å². The SMILES string of the molecule is O=C[C@@H](O)[C@@H](O)[C@H](O)[C@H](O)C(=O)[O-].O=C[C@@H](O)[C@@H](O)[C@H](O)[C@H](O)C(=O)[O-].[Ba+2]. The Morgan fingerprint density at radius 2 is 0.815 bits per heavy atom. The molecular weight excluding hydrogens is 505 g/mol. The number of hydrogen-bond acceptors (Lipinski definition) is 14. The van der Waals surface area contributed by atoms with Crippen LogP contribution in [0.25, 0.3) is 0 Å². The maximum absolute atomic E-state index is 9.95. The number of carbonyl (C=O) groups is 4. The van der Waals surface area contributed by atoms with Crippen LogP contribution in [0.4, 0.5) is 0 Å². The van der Waals surface area contributed by atoms with Crippen LogP contribution in [0.15, 0.2) is 0 Å². The molecule has 0 fully saturated rings. The van der Waals surface area contributed by atoms with Crippen molar-refractivity contribution in [2.75, 3.05) is 0 Å². The first-order valence-electron chi connectivity index (χ1n) is 6.60. The van der Waals surface area contributed by atoms with Crippen LogP contribution in [0, 0.1) is 0 Å². The van der Waals surface area contributed by atoms with Gasteiger partial charge in [0.2, 0.25) is 0 Å². The fourth-order valence-corrected chi connectivity index (χ4v) is 1.22. The molecule has 0 amide bonds.